The molecule has 0 fully saturated rings. The summed E-state index contributed by atoms with van der Waals surface area (Å²) in [6.45, 7) is 0. The van der Waals surface area contributed by atoms with Crippen LogP contribution < -0.4 is 5.32 Å². The number of benzene rings is 2. The van der Waals surface area contributed by atoms with Crippen LogP contribution in [0.15, 0.2) is 40.9 Å². The largest absolute Gasteiger partial charge is 0.319 e. The molecule has 19 heavy (non-hydrogen) atoms. The lowest BCUT2D eigenvalue weighted by Gasteiger charge is -2.08. The van der Waals surface area contributed by atoms with Crippen LogP contribution in [-0.4, -0.2) is 5.91 Å². The molecular formula is C13H7BrClF2NO. The molecule has 0 aliphatic heterocycles. The molecule has 0 saturated heterocycles. The monoisotopic (exact) mass is 345 g/mol. The van der Waals surface area contributed by atoms with E-state index in [-0.39, 0.29) is 16.3 Å². The van der Waals surface area contributed by atoms with Gasteiger partial charge in [0.1, 0.15) is 11.6 Å². The lowest BCUT2D eigenvalue weighted by atomic mass is 10.2. The summed E-state index contributed by atoms with van der Waals surface area (Å²) in [5.41, 5.74) is -0.286. The third-order valence-corrected chi connectivity index (χ3v) is 3.08. The van der Waals surface area contributed by atoms with E-state index in [2.05, 4.69) is 21.2 Å². The minimum atomic E-state index is -0.750. The molecule has 0 aromatic heterocycles. The summed E-state index contributed by atoms with van der Waals surface area (Å²) in [4.78, 5) is 11.9. The van der Waals surface area contributed by atoms with Gasteiger partial charge in [0.25, 0.3) is 5.91 Å². The molecule has 0 aliphatic rings. The van der Waals surface area contributed by atoms with E-state index in [1.807, 2.05) is 0 Å². The predicted molar refractivity (Wildman–Crippen MR) is 73.5 cm³/mol. The Balaban J connectivity index is 2.30. The molecule has 2 rings (SSSR count). The second-order valence-electron chi connectivity index (χ2n) is 3.70. The standard InChI is InChI=1S/C13H7BrClF2NO/c14-7-1-3-10(16)9(5-7)13(19)18-12-6-8(15)2-4-11(12)17/h1-6H,(H,18,19). The Morgan fingerprint density at radius 2 is 1.79 bits per heavy atom. The summed E-state index contributed by atoms with van der Waals surface area (Å²) in [6, 6.07) is 7.65. The van der Waals surface area contributed by atoms with Crippen LogP contribution in [0.3, 0.4) is 0 Å². The van der Waals surface area contributed by atoms with Crippen molar-refractivity contribution in [2.75, 3.05) is 5.32 Å². The molecule has 0 aliphatic carbocycles. The Bertz CT molecular complexity index is 649. The number of hydrogen-bond acceptors (Lipinski definition) is 1. The van der Waals surface area contributed by atoms with Gasteiger partial charge in [-0.25, -0.2) is 8.78 Å². The van der Waals surface area contributed by atoms with Crippen molar-refractivity contribution in [2.24, 2.45) is 0 Å². The van der Waals surface area contributed by atoms with Gasteiger partial charge >= 0.3 is 0 Å². The average molecular weight is 347 g/mol. The summed E-state index contributed by atoms with van der Waals surface area (Å²) < 4.78 is 27.5. The van der Waals surface area contributed by atoms with Gasteiger partial charge in [-0.15, -0.1) is 0 Å². The van der Waals surface area contributed by atoms with Crippen molar-refractivity contribution in [1.29, 1.82) is 0 Å². The molecule has 6 heteroatoms. The van der Waals surface area contributed by atoms with Gasteiger partial charge in [0, 0.05) is 9.50 Å². The molecule has 0 radical (unpaired) electrons. The van der Waals surface area contributed by atoms with E-state index in [0.29, 0.717) is 4.47 Å². The molecule has 2 aromatic carbocycles. The van der Waals surface area contributed by atoms with Gasteiger partial charge in [-0.05, 0) is 36.4 Å². The summed E-state index contributed by atoms with van der Waals surface area (Å²) in [6.07, 6.45) is 0. The van der Waals surface area contributed by atoms with Crippen molar-refractivity contribution in [3.8, 4) is 0 Å². The molecule has 2 aromatic rings. The van der Waals surface area contributed by atoms with Crippen LogP contribution in [0.5, 0.6) is 0 Å². The number of amides is 1. The zero-order valence-corrected chi connectivity index (χ0v) is 11.7. The van der Waals surface area contributed by atoms with Crippen LogP contribution in [-0.2, 0) is 0 Å². The van der Waals surface area contributed by atoms with E-state index in [9.17, 15) is 13.6 Å². The van der Waals surface area contributed by atoms with Crippen LogP contribution in [0.1, 0.15) is 10.4 Å². The molecular weight excluding hydrogens is 340 g/mol. The van der Waals surface area contributed by atoms with Gasteiger partial charge in [-0.2, -0.15) is 0 Å². The summed E-state index contributed by atoms with van der Waals surface area (Å²) in [7, 11) is 0. The molecule has 0 saturated carbocycles. The highest BCUT2D eigenvalue weighted by Crippen LogP contribution is 2.22. The number of carbonyl (C=O) groups excluding carboxylic acids is 1. The maximum absolute atomic E-state index is 13.5. The van der Waals surface area contributed by atoms with Crippen molar-refractivity contribution in [3.05, 3.63) is 63.1 Å². The van der Waals surface area contributed by atoms with Crippen molar-refractivity contribution < 1.29 is 13.6 Å². The Morgan fingerprint density at radius 1 is 1.11 bits per heavy atom. The molecule has 1 N–H and O–H groups in total. The van der Waals surface area contributed by atoms with Crippen LogP contribution in [0.2, 0.25) is 5.02 Å². The zero-order valence-electron chi connectivity index (χ0n) is 9.38. The van der Waals surface area contributed by atoms with Crippen LogP contribution in [0, 0.1) is 11.6 Å². The van der Waals surface area contributed by atoms with E-state index in [4.69, 9.17) is 11.6 Å². The molecule has 1 amide bonds. The minimum absolute atomic E-state index is 0.100. The molecule has 0 unspecified atom stereocenters. The van der Waals surface area contributed by atoms with Crippen LogP contribution >= 0.6 is 27.5 Å². The first-order chi connectivity index (χ1) is 8.97. The van der Waals surface area contributed by atoms with Crippen molar-refractivity contribution in [3.63, 3.8) is 0 Å². The molecule has 0 spiro atoms. The quantitative estimate of drug-likeness (QED) is 0.844. The van der Waals surface area contributed by atoms with Gasteiger partial charge in [0.2, 0.25) is 0 Å². The summed E-state index contributed by atoms with van der Waals surface area (Å²) >= 11 is 8.84. The predicted octanol–water partition coefficient (Wildman–Crippen LogP) is 4.63. The second-order valence-corrected chi connectivity index (χ2v) is 5.05. The van der Waals surface area contributed by atoms with Gasteiger partial charge in [-0.3, -0.25) is 4.79 Å². The maximum atomic E-state index is 13.5. The first-order valence-corrected chi connectivity index (χ1v) is 6.36. The fourth-order valence-corrected chi connectivity index (χ4v) is 1.99. The smallest absolute Gasteiger partial charge is 0.258 e. The van der Waals surface area contributed by atoms with Crippen molar-refractivity contribution in [1.82, 2.24) is 0 Å². The topological polar surface area (TPSA) is 29.1 Å². The first kappa shape index (κ1) is 14.0. The number of carbonyl (C=O) groups is 1. The van der Waals surface area contributed by atoms with Crippen LogP contribution in [0.4, 0.5) is 14.5 Å². The highest BCUT2D eigenvalue weighted by Gasteiger charge is 2.14. The molecule has 98 valence electrons. The summed E-state index contributed by atoms with van der Waals surface area (Å²) in [5, 5.41) is 2.55. The normalized spacial score (nSPS) is 10.3. The molecule has 0 atom stereocenters. The van der Waals surface area contributed by atoms with E-state index in [1.54, 1.807) is 0 Å². The zero-order chi connectivity index (χ0) is 14.0. The fourth-order valence-electron chi connectivity index (χ4n) is 1.45. The average Bonchev–Trinajstić information content (AvgIpc) is 2.36. The summed E-state index contributed by atoms with van der Waals surface area (Å²) in [5.74, 6) is -2.09. The van der Waals surface area contributed by atoms with E-state index in [1.165, 1.54) is 24.3 Å². The van der Waals surface area contributed by atoms with Gasteiger partial charge in [0.05, 0.1) is 11.3 Å². The second kappa shape index (κ2) is 5.67. The molecule has 0 bridgehead atoms. The number of rotatable bonds is 2. The lowest BCUT2D eigenvalue weighted by molar-refractivity contribution is 0.102. The highest BCUT2D eigenvalue weighted by molar-refractivity contribution is 9.10. The van der Waals surface area contributed by atoms with Crippen molar-refractivity contribution >= 4 is 39.1 Å². The van der Waals surface area contributed by atoms with Crippen molar-refractivity contribution in [2.45, 2.75) is 0 Å². The Labute approximate surface area is 121 Å². The number of halogens is 4. The van der Waals surface area contributed by atoms with Gasteiger partial charge < -0.3 is 5.32 Å². The minimum Gasteiger partial charge on any atom is -0.319 e. The highest BCUT2D eigenvalue weighted by atomic mass is 79.9. The lowest BCUT2D eigenvalue weighted by Crippen LogP contribution is -2.14. The first-order valence-electron chi connectivity index (χ1n) is 5.19. The third kappa shape index (κ3) is 3.30. The van der Waals surface area contributed by atoms with E-state index >= 15 is 0 Å². The number of hydrogen-bond donors (Lipinski definition) is 1. The Hall–Kier alpha value is -1.46. The fraction of sp³-hybridized carbons (Fsp3) is 0. The van der Waals surface area contributed by atoms with E-state index < -0.39 is 17.5 Å². The Morgan fingerprint density at radius 3 is 2.53 bits per heavy atom. The third-order valence-electron chi connectivity index (χ3n) is 2.35. The van der Waals surface area contributed by atoms with Gasteiger partial charge in [0.15, 0.2) is 0 Å². The van der Waals surface area contributed by atoms with Gasteiger partial charge in [-0.1, -0.05) is 27.5 Å². The Kier molecular flexibility index (Phi) is 4.17. The van der Waals surface area contributed by atoms with E-state index in [0.717, 1.165) is 12.1 Å². The van der Waals surface area contributed by atoms with Crippen LogP contribution in [0.25, 0.3) is 0 Å². The molecule has 2 nitrogen and oxygen atoms in total. The SMILES string of the molecule is O=C(Nc1cc(Cl)ccc1F)c1cc(Br)ccc1F. The maximum Gasteiger partial charge on any atom is 0.258 e. The number of nitrogens with one attached hydrogen (secondary N) is 1. The molecule has 0 heterocycles. The number of anilines is 1.